The number of nitrogens with one attached hydrogen (secondary N) is 2. The molecule has 4 rings (SSSR count). The Kier molecular flexibility index (Phi) is 14.4. The Balaban J connectivity index is 1.41. The van der Waals surface area contributed by atoms with Gasteiger partial charge in [0.05, 0.1) is 66.7 Å². The summed E-state index contributed by atoms with van der Waals surface area (Å²) in [4.78, 5) is 34.6. The number of aromatic nitrogens is 2. The standard InChI is InChI=1S/C36H49ClN6O7S/c1-23(2)50-31-21-27(26-10-14-43(15-11-26)34(45)13-17-49-19-18-48-16-12-33(38)44)25(5)20-30(31)41-36-39-22-28(37)35(42-36)40-29-8-6-7-9-32(29)51(46,47)24(3)4/h6-9,20-24,26H,10-19H2,1-5H3,(H2,38,44)(H2,39,40,41,42). The van der Waals surface area contributed by atoms with Gasteiger partial charge in [0.15, 0.2) is 15.7 Å². The molecule has 2 aromatic carbocycles. The van der Waals surface area contributed by atoms with Crippen LogP contribution >= 0.6 is 11.6 Å². The summed E-state index contributed by atoms with van der Waals surface area (Å²) in [5.41, 5.74) is 8.34. The van der Waals surface area contributed by atoms with Gasteiger partial charge in [-0.25, -0.2) is 13.4 Å². The first kappa shape index (κ1) is 39.8. The van der Waals surface area contributed by atoms with E-state index in [-0.39, 0.29) is 52.6 Å². The average molecular weight is 745 g/mol. The quantitative estimate of drug-likeness (QED) is 0.132. The zero-order chi connectivity index (χ0) is 37.1. The molecular formula is C36H49ClN6O7S. The van der Waals surface area contributed by atoms with Crippen LogP contribution in [0.5, 0.6) is 5.75 Å². The molecule has 278 valence electrons. The van der Waals surface area contributed by atoms with Gasteiger partial charge in [0, 0.05) is 19.5 Å². The molecule has 51 heavy (non-hydrogen) atoms. The van der Waals surface area contributed by atoms with Crippen molar-refractivity contribution in [3.63, 3.8) is 0 Å². The highest BCUT2D eigenvalue weighted by molar-refractivity contribution is 7.92. The van der Waals surface area contributed by atoms with Crippen molar-refractivity contribution >= 4 is 56.4 Å². The number of primary amides is 1. The SMILES string of the molecule is Cc1cc(Nc2ncc(Cl)c(Nc3ccccc3S(=O)(=O)C(C)C)n2)c(OC(C)C)cc1C1CCN(C(=O)CCOCCOCCC(N)=O)CC1. The molecule has 1 saturated heterocycles. The zero-order valence-corrected chi connectivity index (χ0v) is 31.5. The second-order valence-corrected chi connectivity index (χ2v) is 15.8. The van der Waals surface area contributed by atoms with E-state index in [0.717, 1.165) is 24.0 Å². The van der Waals surface area contributed by atoms with Gasteiger partial charge >= 0.3 is 0 Å². The van der Waals surface area contributed by atoms with E-state index in [4.69, 9.17) is 31.5 Å². The number of carbonyl (C=O) groups is 2. The van der Waals surface area contributed by atoms with Crippen molar-refractivity contribution in [2.45, 2.75) is 82.5 Å². The molecule has 0 atom stereocenters. The minimum Gasteiger partial charge on any atom is -0.489 e. The van der Waals surface area contributed by atoms with Crippen molar-refractivity contribution < 1.29 is 32.2 Å². The van der Waals surface area contributed by atoms with Crippen LogP contribution in [0.4, 0.5) is 23.1 Å². The molecule has 1 aliphatic heterocycles. The lowest BCUT2D eigenvalue weighted by Gasteiger charge is -2.33. The Bertz CT molecular complexity index is 1760. The normalized spacial score (nSPS) is 13.8. The predicted molar refractivity (Wildman–Crippen MR) is 198 cm³/mol. The van der Waals surface area contributed by atoms with Gasteiger partial charge in [-0.3, -0.25) is 9.59 Å². The number of nitrogens with two attached hydrogens (primary N) is 1. The topological polar surface area (TPSA) is 175 Å². The average Bonchev–Trinajstić information content (AvgIpc) is 3.08. The molecule has 4 N–H and O–H groups in total. The van der Waals surface area contributed by atoms with E-state index in [9.17, 15) is 18.0 Å². The van der Waals surface area contributed by atoms with E-state index in [1.165, 1.54) is 6.20 Å². The number of carbonyl (C=O) groups excluding carboxylic acids is 2. The Labute approximate surface area is 305 Å². The van der Waals surface area contributed by atoms with Gasteiger partial charge in [0.2, 0.25) is 17.8 Å². The number of para-hydroxylation sites is 1. The van der Waals surface area contributed by atoms with Gasteiger partial charge in [-0.05, 0) is 88.8 Å². The summed E-state index contributed by atoms with van der Waals surface area (Å²) in [5, 5.41) is 5.98. The molecule has 0 aliphatic carbocycles. The molecule has 13 nitrogen and oxygen atoms in total. The number of ether oxygens (including phenoxy) is 3. The van der Waals surface area contributed by atoms with E-state index in [1.807, 2.05) is 31.7 Å². The van der Waals surface area contributed by atoms with Crippen molar-refractivity contribution in [1.82, 2.24) is 14.9 Å². The van der Waals surface area contributed by atoms with Gasteiger partial charge in [0.25, 0.3) is 0 Å². The van der Waals surface area contributed by atoms with Crippen molar-refractivity contribution in [2.24, 2.45) is 5.73 Å². The number of amides is 2. The number of rotatable bonds is 18. The van der Waals surface area contributed by atoms with Crippen LogP contribution in [0.25, 0.3) is 0 Å². The fraction of sp³-hybridized carbons (Fsp3) is 0.500. The first-order chi connectivity index (χ1) is 24.3. The van der Waals surface area contributed by atoms with Gasteiger partial charge < -0.3 is 35.5 Å². The molecule has 0 bridgehead atoms. The minimum atomic E-state index is -3.57. The first-order valence-electron chi connectivity index (χ1n) is 17.2. The summed E-state index contributed by atoms with van der Waals surface area (Å²) >= 11 is 6.46. The molecule has 1 aliphatic rings. The molecule has 0 saturated carbocycles. The van der Waals surface area contributed by atoms with E-state index in [0.29, 0.717) is 56.5 Å². The third-order valence-electron chi connectivity index (χ3n) is 8.40. The van der Waals surface area contributed by atoms with Gasteiger partial charge in [-0.15, -0.1) is 0 Å². The van der Waals surface area contributed by atoms with E-state index in [2.05, 4.69) is 26.7 Å². The van der Waals surface area contributed by atoms with Crippen LogP contribution in [0.1, 0.15) is 70.4 Å². The number of piperidine rings is 1. The van der Waals surface area contributed by atoms with Gasteiger partial charge in [-0.1, -0.05) is 23.7 Å². The van der Waals surface area contributed by atoms with Crippen LogP contribution in [0.15, 0.2) is 47.5 Å². The number of sulfone groups is 1. The van der Waals surface area contributed by atoms with Crippen LogP contribution < -0.4 is 21.1 Å². The van der Waals surface area contributed by atoms with E-state index in [1.54, 1.807) is 38.1 Å². The molecule has 3 aromatic rings. The highest BCUT2D eigenvalue weighted by atomic mass is 35.5. The fourth-order valence-electron chi connectivity index (χ4n) is 5.68. The number of nitrogens with zero attached hydrogens (tertiary/aromatic N) is 3. The summed E-state index contributed by atoms with van der Waals surface area (Å²) in [6, 6.07) is 10.7. The largest absolute Gasteiger partial charge is 0.489 e. The zero-order valence-electron chi connectivity index (χ0n) is 29.9. The maximum Gasteiger partial charge on any atom is 0.229 e. The molecule has 0 radical (unpaired) electrons. The summed E-state index contributed by atoms with van der Waals surface area (Å²) in [6.45, 7) is 11.8. The lowest BCUT2D eigenvalue weighted by molar-refractivity contribution is -0.133. The van der Waals surface area contributed by atoms with Crippen molar-refractivity contribution in [2.75, 3.05) is 50.2 Å². The maximum absolute atomic E-state index is 13.0. The molecule has 2 heterocycles. The fourth-order valence-corrected chi connectivity index (χ4v) is 7.02. The number of aryl methyl sites for hydroxylation is 1. The lowest BCUT2D eigenvalue weighted by Crippen LogP contribution is -2.38. The van der Waals surface area contributed by atoms with Crippen molar-refractivity contribution in [3.8, 4) is 5.75 Å². The van der Waals surface area contributed by atoms with E-state index >= 15 is 0 Å². The van der Waals surface area contributed by atoms with Crippen molar-refractivity contribution in [1.29, 1.82) is 0 Å². The predicted octanol–water partition coefficient (Wildman–Crippen LogP) is 5.90. The van der Waals surface area contributed by atoms with Crippen LogP contribution in [-0.4, -0.2) is 86.0 Å². The lowest BCUT2D eigenvalue weighted by atomic mass is 9.86. The Morgan fingerprint density at radius 2 is 1.65 bits per heavy atom. The highest BCUT2D eigenvalue weighted by Crippen LogP contribution is 2.38. The monoisotopic (exact) mass is 744 g/mol. The van der Waals surface area contributed by atoms with Crippen LogP contribution in [0.2, 0.25) is 5.02 Å². The Morgan fingerprint density at radius 1 is 0.980 bits per heavy atom. The summed E-state index contributed by atoms with van der Waals surface area (Å²) < 4.78 is 43.1. The van der Waals surface area contributed by atoms with Gasteiger partial charge in [-0.2, -0.15) is 4.98 Å². The summed E-state index contributed by atoms with van der Waals surface area (Å²) in [7, 11) is -3.57. The third kappa shape index (κ3) is 11.3. The summed E-state index contributed by atoms with van der Waals surface area (Å²) in [6.07, 6.45) is 3.45. The molecule has 2 amide bonds. The molecule has 0 spiro atoms. The van der Waals surface area contributed by atoms with Crippen LogP contribution in [-0.2, 0) is 28.9 Å². The molecule has 1 aromatic heterocycles. The third-order valence-corrected chi connectivity index (χ3v) is 10.9. The molecule has 0 unspecified atom stereocenters. The second-order valence-electron chi connectivity index (χ2n) is 12.9. The van der Waals surface area contributed by atoms with Crippen molar-refractivity contribution in [3.05, 3.63) is 58.7 Å². The molecular weight excluding hydrogens is 696 g/mol. The van der Waals surface area contributed by atoms with Gasteiger partial charge in [0.1, 0.15) is 10.8 Å². The number of halogens is 1. The van der Waals surface area contributed by atoms with Crippen LogP contribution in [0, 0.1) is 6.92 Å². The highest BCUT2D eigenvalue weighted by Gasteiger charge is 2.27. The first-order valence-corrected chi connectivity index (χ1v) is 19.1. The maximum atomic E-state index is 13.0. The van der Waals surface area contributed by atoms with Crippen LogP contribution in [0.3, 0.4) is 0 Å². The molecule has 15 heteroatoms. The second kappa shape index (κ2) is 18.5. The number of likely N-dealkylation sites (tertiary alicyclic amines) is 1. The Hall–Kier alpha value is -3.98. The smallest absolute Gasteiger partial charge is 0.229 e. The number of anilines is 4. The number of hydrogen-bond donors (Lipinski definition) is 3. The number of hydrogen-bond acceptors (Lipinski definition) is 11. The van der Waals surface area contributed by atoms with E-state index < -0.39 is 21.0 Å². The molecule has 1 fully saturated rings. The Morgan fingerprint density at radius 3 is 2.29 bits per heavy atom. The summed E-state index contributed by atoms with van der Waals surface area (Å²) in [5.74, 6) is 1.04. The minimum absolute atomic E-state index is 0.0602. The number of benzene rings is 2.